The van der Waals surface area contributed by atoms with Gasteiger partial charge in [-0.05, 0) is 55.9 Å². The summed E-state index contributed by atoms with van der Waals surface area (Å²) in [6, 6.07) is 13.8. The van der Waals surface area contributed by atoms with Gasteiger partial charge in [0.15, 0.2) is 9.84 Å². The van der Waals surface area contributed by atoms with Crippen LogP contribution in [0, 0.1) is 6.92 Å². The van der Waals surface area contributed by atoms with Crippen molar-refractivity contribution in [1.29, 1.82) is 0 Å². The SMILES string of the molecule is CCN(CC)CCn1cc(C(=O)Nc2ccc(S(C)(=O)=O)cc2)c(C)c1-c1ccccc1Cl. The van der Waals surface area contributed by atoms with Crippen LogP contribution in [0.1, 0.15) is 29.8 Å². The molecule has 1 N–H and O–H groups in total. The van der Waals surface area contributed by atoms with Gasteiger partial charge >= 0.3 is 0 Å². The number of nitrogens with one attached hydrogen (secondary N) is 1. The molecule has 3 aromatic rings. The smallest absolute Gasteiger partial charge is 0.257 e. The number of aromatic nitrogens is 1. The van der Waals surface area contributed by atoms with Crippen LogP contribution in [-0.4, -0.2) is 49.7 Å². The van der Waals surface area contributed by atoms with Crippen LogP contribution in [0.3, 0.4) is 0 Å². The van der Waals surface area contributed by atoms with E-state index in [4.69, 9.17) is 11.6 Å². The van der Waals surface area contributed by atoms with Crippen molar-refractivity contribution in [1.82, 2.24) is 9.47 Å². The monoisotopic (exact) mass is 487 g/mol. The third-order valence-electron chi connectivity index (χ3n) is 5.80. The number of hydrogen-bond donors (Lipinski definition) is 1. The molecular formula is C25H30ClN3O3S. The van der Waals surface area contributed by atoms with E-state index in [0.29, 0.717) is 16.3 Å². The molecule has 0 radical (unpaired) electrons. The van der Waals surface area contributed by atoms with Crippen LogP contribution in [-0.2, 0) is 16.4 Å². The molecule has 1 aromatic heterocycles. The van der Waals surface area contributed by atoms with Gasteiger partial charge in [-0.1, -0.05) is 43.6 Å². The van der Waals surface area contributed by atoms with Crippen LogP contribution in [0.15, 0.2) is 59.6 Å². The summed E-state index contributed by atoms with van der Waals surface area (Å²) in [6.07, 6.45) is 3.03. The zero-order chi connectivity index (χ0) is 24.2. The van der Waals surface area contributed by atoms with Crippen LogP contribution < -0.4 is 5.32 Å². The van der Waals surface area contributed by atoms with Crippen molar-refractivity contribution in [2.45, 2.75) is 32.2 Å². The van der Waals surface area contributed by atoms with E-state index in [1.807, 2.05) is 37.4 Å². The maximum Gasteiger partial charge on any atom is 0.257 e. The number of hydrogen-bond acceptors (Lipinski definition) is 4. The Balaban J connectivity index is 1.95. The number of carbonyl (C=O) groups excluding carboxylic acids is 1. The Bertz CT molecular complexity index is 1230. The van der Waals surface area contributed by atoms with Gasteiger partial charge in [0.25, 0.3) is 5.91 Å². The normalized spacial score (nSPS) is 11.7. The predicted molar refractivity (Wildman–Crippen MR) is 135 cm³/mol. The number of benzene rings is 2. The van der Waals surface area contributed by atoms with Crippen molar-refractivity contribution in [3.63, 3.8) is 0 Å². The van der Waals surface area contributed by atoms with Gasteiger partial charge in [0.1, 0.15) is 0 Å². The molecule has 2 aromatic carbocycles. The largest absolute Gasteiger partial charge is 0.345 e. The van der Waals surface area contributed by atoms with E-state index >= 15 is 0 Å². The van der Waals surface area contributed by atoms with Crippen molar-refractivity contribution in [3.05, 3.63) is 70.9 Å². The molecule has 8 heteroatoms. The van der Waals surface area contributed by atoms with Crippen molar-refractivity contribution in [2.24, 2.45) is 0 Å². The van der Waals surface area contributed by atoms with Gasteiger partial charge < -0.3 is 14.8 Å². The molecular weight excluding hydrogens is 458 g/mol. The molecule has 0 aliphatic heterocycles. The molecule has 1 amide bonds. The average molecular weight is 488 g/mol. The predicted octanol–water partition coefficient (Wildman–Crippen LogP) is 5.11. The average Bonchev–Trinajstić information content (AvgIpc) is 3.10. The van der Waals surface area contributed by atoms with E-state index in [9.17, 15) is 13.2 Å². The van der Waals surface area contributed by atoms with E-state index in [0.717, 1.165) is 49.3 Å². The van der Waals surface area contributed by atoms with E-state index in [2.05, 4.69) is 28.6 Å². The Hall–Kier alpha value is -2.61. The molecule has 176 valence electrons. The lowest BCUT2D eigenvalue weighted by Gasteiger charge is -2.19. The summed E-state index contributed by atoms with van der Waals surface area (Å²) in [6.45, 7) is 9.67. The maximum atomic E-state index is 13.2. The van der Waals surface area contributed by atoms with Gasteiger partial charge in [-0.15, -0.1) is 0 Å². The summed E-state index contributed by atoms with van der Waals surface area (Å²) in [5.41, 5.74) is 3.73. The molecule has 33 heavy (non-hydrogen) atoms. The fourth-order valence-corrected chi connectivity index (χ4v) is 4.70. The zero-order valence-electron chi connectivity index (χ0n) is 19.4. The third-order valence-corrected chi connectivity index (χ3v) is 7.25. The van der Waals surface area contributed by atoms with Crippen LogP contribution in [0.25, 0.3) is 11.3 Å². The fourth-order valence-electron chi connectivity index (χ4n) is 3.85. The maximum absolute atomic E-state index is 13.2. The Morgan fingerprint density at radius 3 is 2.27 bits per heavy atom. The molecule has 0 aliphatic carbocycles. The fraction of sp³-hybridized carbons (Fsp3) is 0.320. The third kappa shape index (κ3) is 5.85. The first kappa shape index (κ1) is 25.0. The van der Waals surface area contributed by atoms with Gasteiger partial charge in [-0.25, -0.2) is 8.42 Å². The minimum absolute atomic E-state index is 0.209. The second-order valence-corrected chi connectivity index (χ2v) is 10.4. The zero-order valence-corrected chi connectivity index (χ0v) is 21.0. The number of halogens is 1. The van der Waals surface area contributed by atoms with Crippen molar-refractivity contribution >= 4 is 33.0 Å². The molecule has 0 saturated carbocycles. The summed E-state index contributed by atoms with van der Waals surface area (Å²) >= 11 is 6.52. The number of amides is 1. The number of rotatable bonds is 9. The van der Waals surface area contributed by atoms with Crippen molar-refractivity contribution in [3.8, 4) is 11.3 Å². The van der Waals surface area contributed by atoms with Gasteiger partial charge in [0, 0.05) is 41.8 Å². The lowest BCUT2D eigenvalue weighted by atomic mass is 10.1. The molecule has 0 aliphatic rings. The van der Waals surface area contributed by atoms with Crippen LogP contribution in [0.2, 0.25) is 5.02 Å². The van der Waals surface area contributed by atoms with Crippen LogP contribution in [0.5, 0.6) is 0 Å². The number of nitrogens with zero attached hydrogens (tertiary/aromatic N) is 2. The Kier molecular flexibility index (Phi) is 8.00. The molecule has 1 heterocycles. The molecule has 0 atom stereocenters. The van der Waals surface area contributed by atoms with Crippen molar-refractivity contribution in [2.75, 3.05) is 31.2 Å². The second kappa shape index (κ2) is 10.5. The Morgan fingerprint density at radius 2 is 1.70 bits per heavy atom. The summed E-state index contributed by atoms with van der Waals surface area (Å²) < 4.78 is 25.5. The van der Waals surface area contributed by atoms with Gasteiger partial charge in [0.05, 0.1) is 16.2 Å². The first-order chi connectivity index (χ1) is 15.7. The van der Waals surface area contributed by atoms with Gasteiger partial charge in [-0.2, -0.15) is 0 Å². The number of carbonyl (C=O) groups is 1. The highest BCUT2D eigenvalue weighted by Crippen LogP contribution is 2.33. The summed E-state index contributed by atoms with van der Waals surface area (Å²) in [4.78, 5) is 15.7. The Morgan fingerprint density at radius 1 is 1.06 bits per heavy atom. The highest BCUT2D eigenvalue weighted by Gasteiger charge is 2.21. The molecule has 0 unspecified atom stereocenters. The molecule has 0 spiro atoms. The summed E-state index contributed by atoms with van der Waals surface area (Å²) in [5.74, 6) is -0.255. The molecule has 0 fully saturated rings. The van der Waals surface area contributed by atoms with E-state index < -0.39 is 9.84 Å². The standard InChI is InChI=1S/C25H30ClN3O3S/c1-5-28(6-2)15-16-29-17-22(18(3)24(29)21-9-7-8-10-23(21)26)25(30)27-19-11-13-20(14-12-19)33(4,31)32/h7-14,17H,5-6,15-16H2,1-4H3,(H,27,30). The number of anilines is 1. The van der Waals surface area contributed by atoms with Crippen LogP contribution >= 0.6 is 11.6 Å². The first-order valence-corrected chi connectivity index (χ1v) is 13.2. The Labute approximate surface area is 201 Å². The number of likely N-dealkylation sites (N-methyl/N-ethyl adjacent to an activating group) is 1. The molecule has 6 nitrogen and oxygen atoms in total. The van der Waals surface area contributed by atoms with E-state index in [-0.39, 0.29) is 10.8 Å². The van der Waals surface area contributed by atoms with Crippen molar-refractivity contribution < 1.29 is 13.2 Å². The summed E-state index contributed by atoms with van der Waals surface area (Å²) in [7, 11) is -3.29. The lowest BCUT2D eigenvalue weighted by molar-refractivity contribution is 0.102. The minimum atomic E-state index is -3.29. The lowest BCUT2D eigenvalue weighted by Crippen LogP contribution is -2.27. The van der Waals surface area contributed by atoms with Crippen LogP contribution in [0.4, 0.5) is 5.69 Å². The quantitative estimate of drug-likeness (QED) is 0.455. The molecule has 0 bridgehead atoms. The topological polar surface area (TPSA) is 71.4 Å². The highest BCUT2D eigenvalue weighted by molar-refractivity contribution is 7.90. The van der Waals surface area contributed by atoms with E-state index in [1.54, 1.807) is 12.1 Å². The number of sulfone groups is 1. The first-order valence-electron chi connectivity index (χ1n) is 10.9. The highest BCUT2D eigenvalue weighted by atomic mass is 35.5. The van der Waals surface area contributed by atoms with E-state index in [1.165, 1.54) is 12.1 Å². The van der Waals surface area contributed by atoms with Gasteiger partial charge in [0.2, 0.25) is 0 Å². The summed E-state index contributed by atoms with van der Waals surface area (Å²) in [5, 5.41) is 3.51. The van der Waals surface area contributed by atoms with Gasteiger partial charge in [-0.3, -0.25) is 4.79 Å². The molecule has 3 rings (SSSR count). The minimum Gasteiger partial charge on any atom is -0.345 e. The second-order valence-electron chi connectivity index (χ2n) is 7.97. The molecule has 0 saturated heterocycles.